The number of hydrogen-bond acceptors (Lipinski definition) is 3. The molecule has 1 aliphatic heterocycles. The van der Waals surface area contributed by atoms with Crippen LogP contribution in [0.5, 0.6) is 5.75 Å². The Morgan fingerprint density at radius 2 is 2.05 bits per heavy atom. The Labute approximate surface area is 133 Å². The zero-order valence-corrected chi connectivity index (χ0v) is 14.5. The molecule has 4 heteroatoms. The zero-order chi connectivity index (χ0) is 16.5. The molecular formula is C18H28N2O2. The molecule has 4 nitrogen and oxygen atoms in total. The smallest absolute Gasteiger partial charge is 0.237 e. The van der Waals surface area contributed by atoms with Gasteiger partial charge in [0.1, 0.15) is 11.4 Å². The number of rotatable bonds is 4. The molecule has 1 heterocycles. The topological polar surface area (TPSA) is 50.4 Å². The van der Waals surface area contributed by atoms with Crippen LogP contribution in [0.25, 0.3) is 0 Å². The number of amides is 1. The Hall–Kier alpha value is -1.55. The van der Waals surface area contributed by atoms with Crippen molar-refractivity contribution in [3.63, 3.8) is 0 Å². The van der Waals surface area contributed by atoms with Gasteiger partial charge < -0.3 is 15.4 Å². The van der Waals surface area contributed by atoms with E-state index in [2.05, 4.69) is 36.6 Å². The van der Waals surface area contributed by atoms with E-state index in [0.717, 1.165) is 12.2 Å². The predicted molar refractivity (Wildman–Crippen MR) is 89.1 cm³/mol. The molecule has 0 saturated heterocycles. The van der Waals surface area contributed by atoms with Crippen LogP contribution < -0.4 is 15.4 Å². The Kier molecular flexibility index (Phi) is 4.52. The number of benzene rings is 1. The van der Waals surface area contributed by atoms with E-state index in [-0.39, 0.29) is 23.1 Å². The maximum atomic E-state index is 12.1. The minimum absolute atomic E-state index is 0.0260. The van der Waals surface area contributed by atoms with Gasteiger partial charge in [0.15, 0.2) is 0 Å². The Morgan fingerprint density at radius 3 is 2.68 bits per heavy atom. The third-order valence-electron chi connectivity index (χ3n) is 3.63. The zero-order valence-electron chi connectivity index (χ0n) is 14.5. The van der Waals surface area contributed by atoms with Crippen molar-refractivity contribution in [1.82, 2.24) is 10.6 Å². The highest BCUT2D eigenvalue weighted by Gasteiger charge is 2.29. The fourth-order valence-corrected chi connectivity index (χ4v) is 2.61. The molecule has 1 aromatic rings. The van der Waals surface area contributed by atoms with E-state index in [1.807, 2.05) is 33.8 Å². The van der Waals surface area contributed by atoms with Gasteiger partial charge in [0.25, 0.3) is 0 Å². The van der Waals surface area contributed by atoms with Crippen molar-refractivity contribution in [3.05, 3.63) is 29.3 Å². The number of fused-ring (bicyclic) bond motifs is 1. The van der Waals surface area contributed by atoms with Crippen LogP contribution in [0.3, 0.4) is 0 Å². The highest BCUT2D eigenvalue weighted by molar-refractivity contribution is 5.81. The fourth-order valence-electron chi connectivity index (χ4n) is 2.61. The molecule has 0 fully saturated rings. The number of carbonyl (C=O) groups is 1. The average Bonchev–Trinajstić information content (AvgIpc) is 2.66. The van der Waals surface area contributed by atoms with E-state index in [1.165, 1.54) is 11.1 Å². The third kappa shape index (κ3) is 4.47. The standard InChI is InChI=1S/C18H28N2O2/c1-12(16(21)20-17(2,3)4)19-11-13-7-8-15-14(9-13)10-18(5,6)22-15/h7-9,12,19H,10-11H2,1-6H3,(H,20,21). The largest absolute Gasteiger partial charge is 0.487 e. The Balaban J connectivity index is 1.92. The average molecular weight is 304 g/mol. The van der Waals surface area contributed by atoms with E-state index in [0.29, 0.717) is 6.54 Å². The van der Waals surface area contributed by atoms with E-state index in [9.17, 15) is 4.79 Å². The van der Waals surface area contributed by atoms with Crippen LogP contribution in [0.1, 0.15) is 52.7 Å². The van der Waals surface area contributed by atoms with Crippen LogP contribution in [0.4, 0.5) is 0 Å². The van der Waals surface area contributed by atoms with E-state index >= 15 is 0 Å². The summed E-state index contributed by atoms with van der Waals surface area (Å²) in [5.74, 6) is 1.01. The Bertz CT molecular complexity index is 559. The minimum atomic E-state index is -0.222. The molecule has 0 radical (unpaired) electrons. The second-order valence-electron chi connectivity index (χ2n) is 7.82. The number of ether oxygens (including phenoxy) is 1. The SMILES string of the molecule is CC(NCc1ccc2c(c1)CC(C)(C)O2)C(=O)NC(C)(C)C. The monoisotopic (exact) mass is 304 g/mol. The van der Waals surface area contributed by atoms with Crippen LogP contribution in [0.2, 0.25) is 0 Å². The lowest BCUT2D eigenvalue weighted by Crippen LogP contribution is -2.49. The first-order valence-electron chi connectivity index (χ1n) is 7.92. The van der Waals surface area contributed by atoms with Crippen LogP contribution >= 0.6 is 0 Å². The summed E-state index contributed by atoms with van der Waals surface area (Å²) in [6.45, 7) is 12.7. The lowest BCUT2D eigenvalue weighted by Gasteiger charge is -2.23. The van der Waals surface area contributed by atoms with Crippen molar-refractivity contribution in [2.24, 2.45) is 0 Å². The molecule has 2 N–H and O–H groups in total. The predicted octanol–water partition coefficient (Wildman–Crippen LogP) is 2.79. The molecule has 122 valence electrons. The molecule has 1 unspecified atom stereocenters. The van der Waals surface area contributed by atoms with Gasteiger partial charge in [-0.25, -0.2) is 0 Å². The molecule has 0 aromatic heterocycles. The summed E-state index contributed by atoms with van der Waals surface area (Å²) in [6, 6.07) is 6.04. The van der Waals surface area contributed by atoms with Crippen LogP contribution in [-0.4, -0.2) is 23.1 Å². The molecule has 0 saturated carbocycles. The van der Waals surface area contributed by atoms with Gasteiger partial charge in [-0.15, -0.1) is 0 Å². The maximum Gasteiger partial charge on any atom is 0.237 e. The lowest BCUT2D eigenvalue weighted by molar-refractivity contribution is -0.124. The highest BCUT2D eigenvalue weighted by atomic mass is 16.5. The second kappa shape index (κ2) is 5.92. The summed E-state index contributed by atoms with van der Waals surface area (Å²) >= 11 is 0. The van der Waals surface area contributed by atoms with Gasteiger partial charge in [-0.1, -0.05) is 12.1 Å². The van der Waals surface area contributed by atoms with Crippen molar-refractivity contribution >= 4 is 5.91 Å². The van der Waals surface area contributed by atoms with Gasteiger partial charge in [0.2, 0.25) is 5.91 Å². The summed E-state index contributed by atoms with van der Waals surface area (Å²) in [5.41, 5.74) is 2.10. The van der Waals surface area contributed by atoms with Gasteiger partial charge >= 0.3 is 0 Å². The molecule has 1 amide bonds. The van der Waals surface area contributed by atoms with E-state index < -0.39 is 0 Å². The van der Waals surface area contributed by atoms with Crippen molar-refractivity contribution < 1.29 is 9.53 Å². The summed E-state index contributed by atoms with van der Waals surface area (Å²) in [4.78, 5) is 12.1. The summed E-state index contributed by atoms with van der Waals surface area (Å²) in [6.07, 6.45) is 0.927. The Morgan fingerprint density at radius 1 is 1.36 bits per heavy atom. The summed E-state index contributed by atoms with van der Waals surface area (Å²) < 4.78 is 5.88. The molecular weight excluding hydrogens is 276 g/mol. The number of hydrogen-bond donors (Lipinski definition) is 2. The molecule has 2 rings (SSSR count). The lowest BCUT2D eigenvalue weighted by atomic mass is 10.00. The van der Waals surface area contributed by atoms with Gasteiger partial charge in [-0.2, -0.15) is 0 Å². The number of carbonyl (C=O) groups excluding carboxylic acids is 1. The molecule has 0 bridgehead atoms. The first kappa shape index (κ1) is 16.8. The summed E-state index contributed by atoms with van der Waals surface area (Å²) in [5, 5.41) is 6.27. The molecule has 22 heavy (non-hydrogen) atoms. The molecule has 0 aliphatic carbocycles. The third-order valence-corrected chi connectivity index (χ3v) is 3.63. The minimum Gasteiger partial charge on any atom is -0.487 e. The quantitative estimate of drug-likeness (QED) is 0.899. The molecule has 0 spiro atoms. The van der Waals surface area contributed by atoms with Crippen molar-refractivity contribution in [3.8, 4) is 5.75 Å². The normalized spacial score (nSPS) is 17.5. The number of nitrogens with one attached hydrogen (secondary N) is 2. The van der Waals surface area contributed by atoms with Gasteiger partial charge in [-0.05, 0) is 58.7 Å². The second-order valence-corrected chi connectivity index (χ2v) is 7.82. The summed E-state index contributed by atoms with van der Waals surface area (Å²) in [7, 11) is 0. The molecule has 1 atom stereocenters. The van der Waals surface area contributed by atoms with Crippen molar-refractivity contribution in [1.29, 1.82) is 0 Å². The molecule has 1 aromatic carbocycles. The first-order valence-corrected chi connectivity index (χ1v) is 7.92. The van der Waals surface area contributed by atoms with Crippen LogP contribution in [0.15, 0.2) is 18.2 Å². The van der Waals surface area contributed by atoms with Crippen LogP contribution in [-0.2, 0) is 17.8 Å². The van der Waals surface area contributed by atoms with E-state index in [4.69, 9.17) is 4.74 Å². The molecule has 1 aliphatic rings. The highest BCUT2D eigenvalue weighted by Crippen LogP contribution is 2.35. The van der Waals surface area contributed by atoms with Crippen LogP contribution in [0, 0.1) is 0 Å². The van der Waals surface area contributed by atoms with Crippen molar-refractivity contribution in [2.75, 3.05) is 0 Å². The first-order chi connectivity index (χ1) is 10.1. The fraction of sp³-hybridized carbons (Fsp3) is 0.611. The van der Waals surface area contributed by atoms with Gasteiger partial charge in [0, 0.05) is 18.5 Å². The van der Waals surface area contributed by atoms with Gasteiger partial charge in [0.05, 0.1) is 6.04 Å². The maximum absolute atomic E-state index is 12.1. The van der Waals surface area contributed by atoms with E-state index in [1.54, 1.807) is 0 Å². The van der Waals surface area contributed by atoms with Crippen molar-refractivity contribution in [2.45, 2.75) is 71.7 Å². The van der Waals surface area contributed by atoms with Gasteiger partial charge in [-0.3, -0.25) is 4.79 Å².